The van der Waals surface area contributed by atoms with Crippen LogP contribution in [0.1, 0.15) is 10.5 Å². The maximum absolute atomic E-state index is 12.4. The first kappa shape index (κ1) is 12.9. The van der Waals surface area contributed by atoms with Gasteiger partial charge in [0.05, 0.1) is 5.52 Å². The number of nitrogens with one attached hydrogen (secondary N) is 1. The van der Waals surface area contributed by atoms with Crippen molar-refractivity contribution in [2.45, 2.75) is 0 Å². The highest BCUT2D eigenvalue weighted by atomic mass is 79.9. The third-order valence-corrected chi connectivity index (χ3v) is 3.55. The number of fused-ring (bicyclic) bond motifs is 1. The van der Waals surface area contributed by atoms with Crippen molar-refractivity contribution in [3.05, 3.63) is 58.7 Å². The maximum Gasteiger partial charge on any atom is 0.276 e. The average Bonchev–Trinajstić information content (AvgIpc) is 2.77. The van der Waals surface area contributed by atoms with Crippen molar-refractivity contribution in [2.75, 3.05) is 5.32 Å². The molecule has 0 radical (unpaired) electrons. The number of benzene rings is 2. The zero-order valence-electron chi connectivity index (χ0n) is 10.8. The van der Waals surface area contributed by atoms with E-state index in [1.807, 2.05) is 55.6 Å². The average molecular weight is 330 g/mol. The van der Waals surface area contributed by atoms with Crippen LogP contribution in [0.2, 0.25) is 0 Å². The van der Waals surface area contributed by atoms with E-state index in [9.17, 15) is 4.79 Å². The first-order valence-corrected chi connectivity index (χ1v) is 6.93. The zero-order chi connectivity index (χ0) is 14.1. The summed E-state index contributed by atoms with van der Waals surface area (Å²) in [5.74, 6) is -0.208. The Balaban J connectivity index is 1.97. The third kappa shape index (κ3) is 2.32. The molecule has 2 aromatic carbocycles. The molecule has 1 aromatic heterocycles. The standard InChI is InChI=1S/C15H12BrN3O/c1-19-13-8-3-2-7-12(13)14(18-19)15(20)17-11-6-4-5-10(16)9-11/h2-9H,1H3,(H,17,20). The van der Waals surface area contributed by atoms with E-state index in [0.29, 0.717) is 5.69 Å². The number of para-hydroxylation sites is 1. The molecule has 0 saturated heterocycles. The number of anilines is 1. The molecule has 0 fully saturated rings. The predicted molar refractivity (Wildman–Crippen MR) is 82.8 cm³/mol. The Kier molecular flexibility index (Phi) is 3.28. The van der Waals surface area contributed by atoms with Crippen LogP contribution in [0, 0.1) is 0 Å². The van der Waals surface area contributed by atoms with E-state index in [-0.39, 0.29) is 5.91 Å². The predicted octanol–water partition coefficient (Wildman–Crippen LogP) is 3.59. The Morgan fingerprint density at radius 1 is 1.20 bits per heavy atom. The maximum atomic E-state index is 12.4. The number of hydrogen-bond donors (Lipinski definition) is 1. The summed E-state index contributed by atoms with van der Waals surface area (Å²) < 4.78 is 2.63. The van der Waals surface area contributed by atoms with Gasteiger partial charge in [0.25, 0.3) is 5.91 Å². The van der Waals surface area contributed by atoms with E-state index in [4.69, 9.17) is 0 Å². The van der Waals surface area contributed by atoms with Crippen molar-refractivity contribution in [1.29, 1.82) is 0 Å². The minimum Gasteiger partial charge on any atom is -0.321 e. The number of carbonyl (C=O) groups excluding carboxylic acids is 1. The van der Waals surface area contributed by atoms with Gasteiger partial charge >= 0.3 is 0 Å². The van der Waals surface area contributed by atoms with Crippen LogP contribution in [-0.2, 0) is 7.05 Å². The summed E-state index contributed by atoms with van der Waals surface area (Å²) in [6.45, 7) is 0. The van der Waals surface area contributed by atoms with Crippen molar-refractivity contribution in [3.8, 4) is 0 Å². The van der Waals surface area contributed by atoms with Gasteiger partial charge in [0.2, 0.25) is 0 Å². The molecule has 1 amide bonds. The first-order chi connectivity index (χ1) is 9.65. The van der Waals surface area contributed by atoms with Crippen LogP contribution in [0.5, 0.6) is 0 Å². The van der Waals surface area contributed by atoms with Crippen LogP contribution >= 0.6 is 15.9 Å². The first-order valence-electron chi connectivity index (χ1n) is 6.14. The molecule has 1 heterocycles. The topological polar surface area (TPSA) is 46.9 Å². The minimum atomic E-state index is -0.208. The number of aromatic nitrogens is 2. The lowest BCUT2D eigenvalue weighted by Crippen LogP contribution is -2.13. The molecule has 3 rings (SSSR count). The number of hydrogen-bond acceptors (Lipinski definition) is 2. The van der Waals surface area contributed by atoms with Gasteiger partial charge in [-0.2, -0.15) is 5.10 Å². The van der Waals surface area contributed by atoms with E-state index >= 15 is 0 Å². The quantitative estimate of drug-likeness (QED) is 0.781. The Morgan fingerprint density at radius 2 is 2.00 bits per heavy atom. The Labute approximate surface area is 124 Å². The fraction of sp³-hybridized carbons (Fsp3) is 0.0667. The van der Waals surface area contributed by atoms with Crippen LogP contribution in [0.25, 0.3) is 10.9 Å². The van der Waals surface area contributed by atoms with Crippen LogP contribution in [-0.4, -0.2) is 15.7 Å². The number of rotatable bonds is 2. The number of nitrogens with zero attached hydrogens (tertiary/aromatic N) is 2. The monoisotopic (exact) mass is 329 g/mol. The van der Waals surface area contributed by atoms with Crippen LogP contribution < -0.4 is 5.32 Å². The fourth-order valence-corrected chi connectivity index (χ4v) is 2.54. The Hall–Kier alpha value is -2.14. The SMILES string of the molecule is Cn1nc(C(=O)Nc2cccc(Br)c2)c2ccccc21. The Morgan fingerprint density at radius 3 is 2.80 bits per heavy atom. The van der Waals surface area contributed by atoms with E-state index in [1.165, 1.54) is 0 Å². The second-order valence-electron chi connectivity index (χ2n) is 4.45. The van der Waals surface area contributed by atoms with Crippen molar-refractivity contribution >= 4 is 38.4 Å². The molecule has 1 N–H and O–H groups in total. The van der Waals surface area contributed by atoms with E-state index in [1.54, 1.807) is 4.68 Å². The van der Waals surface area contributed by atoms with Gasteiger partial charge in [-0.1, -0.05) is 40.2 Å². The summed E-state index contributed by atoms with van der Waals surface area (Å²) in [5, 5.41) is 8.01. The van der Waals surface area contributed by atoms with Crippen molar-refractivity contribution < 1.29 is 4.79 Å². The lowest BCUT2D eigenvalue weighted by atomic mass is 10.2. The highest BCUT2D eigenvalue weighted by Crippen LogP contribution is 2.20. The molecule has 5 heteroatoms. The lowest BCUT2D eigenvalue weighted by Gasteiger charge is -2.03. The summed E-state index contributed by atoms with van der Waals surface area (Å²) >= 11 is 3.38. The summed E-state index contributed by atoms with van der Waals surface area (Å²) in [6.07, 6.45) is 0. The molecular formula is C15H12BrN3O. The summed E-state index contributed by atoms with van der Waals surface area (Å²) in [4.78, 5) is 12.4. The Bertz CT molecular complexity index is 795. The molecule has 4 nitrogen and oxygen atoms in total. The normalized spacial score (nSPS) is 10.7. The minimum absolute atomic E-state index is 0.208. The van der Waals surface area contributed by atoms with Crippen molar-refractivity contribution in [1.82, 2.24) is 9.78 Å². The molecule has 0 unspecified atom stereocenters. The van der Waals surface area contributed by atoms with Gasteiger partial charge in [0.1, 0.15) is 0 Å². The molecule has 3 aromatic rings. The van der Waals surface area contributed by atoms with Gasteiger partial charge in [-0.3, -0.25) is 9.48 Å². The van der Waals surface area contributed by atoms with Crippen LogP contribution in [0.15, 0.2) is 53.0 Å². The molecule has 0 atom stereocenters. The largest absolute Gasteiger partial charge is 0.321 e. The molecule has 0 saturated carbocycles. The smallest absolute Gasteiger partial charge is 0.276 e. The van der Waals surface area contributed by atoms with E-state index < -0.39 is 0 Å². The molecule has 100 valence electrons. The van der Waals surface area contributed by atoms with Crippen molar-refractivity contribution in [2.24, 2.45) is 7.05 Å². The van der Waals surface area contributed by atoms with Gasteiger partial charge in [-0.25, -0.2) is 0 Å². The second kappa shape index (κ2) is 5.09. The number of aryl methyl sites for hydroxylation is 1. The summed E-state index contributed by atoms with van der Waals surface area (Å²) in [7, 11) is 1.83. The van der Waals surface area contributed by atoms with Gasteiger partial charge in [-0.05, 0) is 24.3 Å². The van der Waals surface area contributed by atoms with Gasteiger partial charge in [0.15, 0.2) is 5.69 Å². The molecule has 0 aliphatic rings. The number of amides is 1. The van der Waals surface area contributed by atoms with Gasteiger partial charge in [-0.15, -0.1) is 0 Å². The highest BCUT2D eigenvalue weighted by molar-refractivity contribution is 9.10. The summed E-state index contributed by atoms with van der Waals surface area (Å²) in [6, 6.07) is 15.1. The van der Waals surface area contributed by atoms with Crippen LogP contribution in [0.4, 0.5) is 5.69 Å². The van der Waals surface area contributed by atoms with E-state index in [0.717, 1.165) is 21.1 Å². The van der Waals surface area contributed by atoms with Crippen LogP contribution in [0.3, 0.4) is 0 Å². The van der Waals surface area contributed by atoms with Gasteiger partial charge in [0, 0.05) is 22.6 Å². The molecule has 20 heavy (non-hydrogen) atoms. The highest BCUT2D eigenvalue weighted by Gasteiger charge is 2.15. The molecular weight excluding hydrogens is 318 g/mol. The summed E-state index contributed by atoms with van der Waals surface area (Å²) in [5.41, 5.74) is 2.11. The third-order valence-electron chi connectivity index (χ3n) is 3.06. The van der Waals surface area contributed by atoms with E-state index in [2.05, 4.69) is 26.3 Å². The number of carbonyl (C=O) groups is 1. The zero-order valence-corrected chi connectivity index (χ0v) is 12.4. The molecule has 0 bridgehead atoms. The van der Waals surface area contributed by atoms with Crippen molar-refractivity contribution in [3.63, 3.8) is 0 Å². The number of halogens is 1. The second-order valence-corrected chi connectivity index (χ2v) is 5.37. The van der Waals surface area contributed by atoms with Gasteiger partial charge < -0.3 is 5.32 Å². The molecule has 0 aliphatic carbocycles. The lowest BCUT2D eigenvalue weighted by molar-refractivity contribution is 0.102. The molecule has 0 spiro atoms. The molecule has 0 aliphatic heterocycles. The fourth-order valence-electron chi connectivity index (χ4n) is 2.14.